The first-order valence-electron chi connectivity index (χ1n) is 3.48. The molecule has 0 aliphatic rings. The van der Waals surface area contributed by atoms with Crippen LogP contribution in [0.3, 0.4) is 0 Å². The van der Waals surface area contributed by atoms with Crippen LogP contribution in [0.5, 0.6) is 0 Å². The summed E-state index contributed by atoms with van der Waals surface area (Å²) in [4.78, 5) is 14.4. The van der Waals surface area contributed by atoms with Gasteiger partial charge in [0.05, 0.1) is 6.57 Å². The highest BCUT2D eigenvalue weighted by molar-refractivity contribution is 5.99. The lowest BCUT2D eigenvalue weighted by Gasteiger charge is -2.00. The highest BCUT2D eigenvalue weighted by atomic mass is 16.1. The minimum absolute atomic E-state index is 0.221. The van der Waals surface area contributed by atoms with Gasteiger partial charge in [-0.05, 0) is 0 Å². The number of benzene rings is 1. The van der Waals surface area contributed by atoms with Crippen molar-refractivity contribution < 1.29 is 4.79 Å². The lowest BCUT2D eigenvalue weighted by atomic mass is 10.2. The van der Waals surface area contributed by atoms with Crippen molar-refractivity contribution >= 4 is 11.6 Å². The Morgan fingerprint density at radius 2 is 2.17 bits per heavy atom. The summed E-state index contributed by atoms with van der Waals surface area (Å²) in [7, 11) is 1.54. The van der Waals surface area contributed by atoms with Crippen LogP contribution in [-0.2, 0) is 0 Å². The van der Waals surface area contributed by atoms with Gasteiger partial charge in [0.25, 0.3) is 0 Å². The molecule has 0 unspecified atom stereocenters. The third-order valence-corrected chi connectivity index (χ3v) is 1.50. The number of hydrogen-bond donors (Lipinski definition) is 1. The van der Waals surface area contributed by atoms with Gasteiger partial charge >= 0.3 is 0 Å². The van der Waals surface area contributed by atoms with Crippen LogP contribution >= 0.6 is 0 Å². The number of rotatable bonds is 1. The molecule has 0 spiro atoms. The molecule has 1 amide bonds. The summed E-state index contributed by atoms with van der Waals surface area (Å²) in [6, 6.07) is 6.73. The van der Waals surface area contributed by atoms with Gasteiger partial charge in [-0.25, -0.2) is 4.85 Å². The summed E-state index contributed by atoms with van der Waals surface area (Å²) in [6.07, 6.45) is 0. The van der Waals surface area contributed by atoms with Crippen molar-refractivity contribution in [1.29, 1.82) is 0 Å². The number of carbonyl (C=O) groups excluding carboxylic acids is 1. The molecule has 3 heteroatoms. The summed E-state index contributed by atoms with van der Waals surface area (Å²) >= 11 is 0. The molecule has 1 aromatic rings. The lowest BCUT2D eigenvalue weighted by Crippen LogP contribution is -2.17. The first kappa shape index (κ1) is 8.28. The maximum atomic E-state index is 11.1. The number of para-hydroxylation sites is 1. The van der Waals surface area contributed by atoms with E-state index in [1.807, 2.05) is 0 Å². The number of hydrogen-bond acceptors (Lipinski definition) is 1. The average molecular weight is 160 g/mol. The van der Waals surface area contributed by atoms with Crippen LogP contribution < -0.4 is 5.32 Å². The first-order chi connectivity index (χ1) is 5.79. The highest BCUT2D eigenvalue weighted by Crippen LogP contribution is 2.17. The molecule has 0 saturated heterocycles. The maximum absolute atomic E-state index is 11.1. The van der Waals surface area contributed by atoms with Crippen LogP contribution in [0.15, 0.2) is 24.3 Å². The topological polar surface area (TPSA) is 33.5 Å². The number of amides is 1. The molecule has 0 heterocycles. The Bertz CT molecular complexity index is 339. The second-order valence-electron chi connectivity index (χ2n) is 2.21. The molecule has 0 aliphatic carbocycles. The van der Waals surface area contributed by atoms with Gasteiger partial charge in [-0.2, -0.15) is 0 Å². The number of nitrogens with zero attached hydrogens (tertiary/aromatic N) is 1. The van der Waals surface area contributed by atoms with Gasteiger partial charge in [0, 0.05) is 12.6 Å². The fourth-order valence-electron chi connectivity index (χ4n) is 0.898. The van der Waals surface area contributed by atoms with E-state index in [-0.39, 0.29) is 5.91 Å². The quantitative estimate of drug-likeness (QED) is 0.622. The molecule has 0 atom stereocenters. The van der Waals surface area contributed by atoms with Crippen molar-refractivity contribution in [2.24, 2.45) is 0 Å². The van der Waals surface area contributed by atoms with Gasteiger partial charge in [0.2, 0.25) is 5.91 Å². The second kappa shape index (κ2) is 3.54. The third-order valence-electron chi connectivity index (χ3n) is 1.50. The van der Waals surface area contributed by atoms with Gasteiger partial charge < -0.3 is 5.32 Å². The monoisotopic (exact) mass is 160 g/mol. The molecule has 12 heavy (non-hydrogen) atoms. The maximum Gasteiger partial charge on any atom is 0.240 e. The molecule has 0 fully saturated rings. The molecule has 0 aliphatic heterocycles. The minimum atomic E-state index is -0.221. The fourth-order valence-corrected chi connectivity index (χ4v) is 0.898. The van der Waals surface area contributed by atoms with Crippen LogP contribution in [0.4, 0.5) is 5.69 Å². The van der Waals surface area contributed by atoms with E-state index < -0.39 is 0 Å². The van der Waals surface area contributed by atoms with Gasteiger partial charge in [-0.1, -0.05) is 24.3 Å². The van der Waals surface area contributed by atoms with Gasteiger partial charge in [-0.15, -0.1) is 0 Å². The molecule has 1 rings (SSSR count). The van der Waals surface area contributed by atoms with Crippen molar-refractivity contribution in [2.45, 2.75) is 0 Å². The molecule has 1 aromatic carbocycles. The van der Waals surface area contributed by atoms with Crippen LogP contribution in [0.25, 0.3) is 4.85 Å². The van der Waals surface area contributed by atoms with E-state index in [0.29, 0.717) is 11.3 Å². The largest absolute Gasteiger partial charge is 0.356 e. The van der Waals surface area contributed by atoms with Gasteiger partial charge in [-0.3, -0.25) is 4.79 Å². The zero-order valence-corrected chi connectivity index (χ0v) is 6.66. The zero-order valence-electron chi connectivity index (χ0n) is 6.66. The smallest absolute Gasteiger partial charge is 0.240 e. The summed E-state index contributed by atoms with van der Waals surface area (Å²) in [5, 5.41) is 2.47. The Labute approximate surface area is 70.8 Å². The van der Waals surface area contributed by atoms with Crippen LogP contribution in [0, 0.1) is 6.57 Å². The third kappa shape index (κ3) is 1.43. The standard InChI is InChI=1S/C9H8N2O/c1-10-8-6-4-3-5-7(8)9(12)11-2/h3-6H,2H3,(H,11,12). The molecule has 1 N–H and O–H groups in total. The molecule has 0 radical (unpaired) electrons. The Morgan fingerprint density at radius 3 is 2.75 bits per heavy atom. The molecule has 60 valence electrons. The van der Waals surface area contributed by atoms with Crippen molar-refractivity contribution in [3.63, 3.8) is 0 Å². The molecule has 3 nitrogen and oxygen atoms in total. The van der Waals surface area contributed by atoms with E-state index in [2.05, 4.69) is 10.2 Å². The lowest BCUT2D eigenvalue weighted by molar-refractivity contribution is 0.0964. The van der Waals surface area contributed by atoms with Crippen molar-refractivity contribution in [3.05, 3.63) is 41.2 Å². The van der Waals surface area contributed by atoms with E-state index in [1.54, 1.807) is 31.3 Å². The number of nitrogens with one attached hydrogen (secondary N) is 1. The minimum Gasteiger partial charge on any atom is -0.356 e. The summed E-state index contributed by atoms with van der Waals surface area (Å²) in [6.45, 7) is 6.80. The molecule has 0 aromatic heterocycles. The molecule has 0 saturated carbocycles. The van der Waals surface area contributed by atoms with Crippen molar-refractivity contribution in [3.8, 4) is 0 Å². The Hall–Kier alpha value is -1.82. The summed E-state index contributed by atoms with van der Waals surface area (Å²) < 4.78 is 0. The summed E-state index contributed by atoms with van der Waals surface area (Å²) in [5.74, 6) is -0.221. The molecular formula is C9H8N2O. The number of carbonyl (C=O) groups is 1. The average Bonchev–Trinajstić information content (AvgIpc) is 2.16. The first-order valence-corrected chi connectivity index (χ1v) is 3.48. The van der Waals surface area contributed by atoms with E-state index in [4.69, 9.17) is 6.57 Å². The van der Waals surface area contributed by atoms with Gasteiger partial charge in [0.1, 0.15) is 0 Å². The second-order valence-corrected chi connectivity index (χ2v) is 2.21. The van der Waals surface area contributed by atoms with E-state index in [9.17, 15) is 4.79 Å². The summed E-state index contributed by atoms with van der Waals surface area (Å²) in [5.41, 5.74) is 0.812. The van der Waals surface area contributed by atoms with Crippen LogP contribution in [-0.4, -0.2) is 13.0 Å². The van der Waals surface area contributed by atoms with Crippen molar-refractivity contribution in [1.82, 2.24) is 5.32 Å². The fraction of sp³-hybridized carbons (Fsp3) is 0.111. The van der Waals surface area contributed by atoms with E-state index >= 15 is 0 Å². The van der Waals surface area contributed by atoms with E-state index in [0.717, 1.165) is 0 Å². The van der Waals surface area contributed by atoms with Gasteiger partial charge in [0.15, 0.2) is 5.69 Å². The highest BCUT2D eigenvalue weighted by Gasteiger charge is 2.07. The Morgan fingerprint density at radius 1 is 1.50 bits per heavy atom. The predicted octanol–water partition coefficient (Wildman–Crippen LogP) is 1.60. The predicted molar refractivity (Wildman–Crippen MR) is 46.1 cm³/mol. The Balaban J connectivity index is 3.16. The molecule has 0 bridgehead atoms. The molecular weight excluding hydrogens is 152 g/mol. The normalized spacial score (nSPS) is 8.67. The SMILES string of the molecule is [C-]#[N+]c1ccccc1C(=O)NC. The zero-order chi connectivity index (χ0) is 8.97. The van der Waals surface area contributed by atoms with Crippen LogP contribution in [0.1, 0.15) is 10.4 Å². The Kier molecular flexibility index (Phi) is 2.44. The van der Waals surface area contributed by atoms with Crippen molar-refractivity contribution in [2.75, 3.05) is 7.05 Å². The van der Waals surface area contributed by atoms with E-state index in [1.165, 1.54) is 0 Å². The van der Waals surface area contributed by atoms with Crippen LogP contribution in [0.2, 0.25) is 0 Å².